The second kappa shape index (κ2) is 7.56. The summed E-state index contributed by atoms with van der Waals surface area (Å²) in [5, 5.41) is 14.8. The van der Waals surface area contributed by atoms with Crippen LogP contribution in [0.5, 0.6) is 0 Å². The molecule has 0 atom stereocenters. The maximum atomic E-state index is 11.8. The summed E-state index contributed by atoms with van der Waals surface area (Å²) >= 11 is 0. The number of nitrogens with zero attached hydrogens (tertiary/aromatic N) is 5. The van der Waals surface area contributed by atoms with Crippen LogP contribution in [0.4, 0.5) is 28.8 Å². The Hall–Kier alpha value is -3.55. The predicted molar refractivity (Wildman–Crippen MR) is 100 cm³/mol. The molecule has 0 aliphatic carbocycles. The average molecular weight is 350 g/mol. The van der Waals surface area contributed by atoms with Crippen LogP contribution in [-0.2, 0) is 0 Å². The number of benzene rings is 1. The molecule has 0 fully saturated rings. The highest BCUT2D eigenvalue weighted by atomic mass is 16.6. The maximum absolute atomic E-state index is 11.8. The lowest BCUT2D eigenvalue weighted by Crippen LogP contribution is -2.19. The number of nitrogens with one attached hydrogen (secondary N) is 1. The third-order valence-corrected chi connectivity index (χ3v) is 3.87. The average Bonchev–Trinajstić information content (AvgIpc) is 2.65. The number of para-hydroxylation sites is 1. The highest BCUT2D eigenvalue weighted by Crippen LogP contribution is 2.36. The number of pyridine rings is 1. The Morgan fingerprint density at radius 3 is 2.50 bits per heavy atom. The second-order valence-electron chi connectivity index (χ2n) is 5.53. The van der Waals surface area contributed by atoms with Crippen molar-refractivity contribution < 1.29 is 4.92 Å². The monoisotopic (exact) mass is 350 g/mol. The Labute approximate surface area is 150 Å². The SMILES string of the molecule is CCN(c1ccccc1)c1ncnc(Nc2ncccc2C)c1[N+](=O)[O-]. The topological polar surface area (TPSA) is 97.1 Å². The lowest BCUT2D eigenvalue weighted by molar-refractivity contribution is -0.383. The first kappa shape index (κ1) is 17.3. The van der Waals surface area contributed by atoms with E-state index < -0.39 is 4.92 Å². The summed E-state index contributed by atoms with van der Waals surface area (Å²) in [7, 11) is 0. The van der Waals surface area contributed by atoms with Crippen molar-refractivity contribution in [1.29, 1.82) is 0 Å². The van der Waals surface area contributed by atoms with Gasteiger partial charge in [-0.05, 0) is 37.6 Å². The smallest absolute Gasteiger partial charge is 0.321 e. The summed E-state index contributed by atoms with van der Waals surface area (Å²) in [6.45, 7) is 4.30. The number of hydrogen-bond acceptors (Lipinski definition) is 7. The normalized spacial score (nSPS) is 10.4. The van der Waals surface area contributed by atoms with Crippen molar-refractivity contribution in [3.63, 3.8) is 0 Å². The van der Waals surface area contributed by atoms with Crippen molar-refractivity contribution in [3.8, 4) is 0 Å². The number of aromatic nitrogens is 3. The van der Waals surface area contributed by atoms with Gasteiger partial charge in [0.2, 0.25) is 11.6 Å². The van der Waals surface area contributed by atoms with E-state index in [-0.39, 0.29) is 17.3 Å². The fraction of sp³-hybridized carbons (Fsp3) is 0.167. The molecule has 0 bridgehead atoms. The van der Waals surface area contributed by atoms with E-state index in [2.05, 4.69) is 20.3 Å². The number of hydrogen-bond donors (Lipinski definition) is 1. The van der Waals surface area contributed by atoms with Gasteiger partial charge in [-0.1, -0.05) is 24.3 Å². The number of rotatable bonds is 6. The Balaban J connectivity index is 2.09. The summed E-state index contributed by atoms with van der Waals surface area (Å²) in [6, 6.07) is 13.1. The Kier molecular flexibility index (Phi) is 5.02. The molecule has 132 valence electrons. The van der Waals surface area contributed by atoms with Crippen LogP contribution >= 0.6 is 0 Å². The van der Waals surface area contributed by atoms with Gasteiger partial charge < -0.3 is 10.2 Å². The molecular weight excluding hydrogens is 332 g/mol. The summed E-state index contributed by atoms with van der Waals surface area (Å²) < 4.78 is 0. The fourth-order valence-corrected chi connectivity index (χ4v) is 2.62. The molecule has 26 heavy (non-hydrogen) atoms. The standard InChI is InChI=1S/C18H18N6O2/c1-3-23(14-9-5-4-6-10-14)18-15(24(25)26)17(20-12-21-18)22-16-13(2)8-7-11-19-16/h4-12H,3H2,1-2H3,(H,19,20,21,22). The first-order valence-electron chi connectivity index (χ1n) is 8.12. The van der Waals surface area contributed by atoms with Gasteiger partial charge in [-0.25, -0.2) is 15.0 Å². The molecule has 0 spiro atoms. The molecule has 1 aromatic carbocycles. The van der Waals surface area contributed by atoms with Crippen LogP contribution in [-0.4, -0.2) is 26.4 Å². The van der Waals surface area contributed by atoms with Gasteiger partial charge in [-0.3, -0.25) is 10.1 Å². The van der Waals surface area contributed by atoms with Gasteiger partial charge in [0.15, 0.2) is 0 Å². The largest absolute Gasteiger partial charge is 0.354 e. The van der Waals surface area contributed by atoms with Crippen molar-refractivity contribution in [2.45, 2.75) is 13.8 Å². The molecule has 0 aliphatic rings. The van der Waals surface area contributed by atoms with Crippen molar-refractivity contribution in [1.82, 2.24) is 15.0 Å². The third kappa shape index (κ3) is 3.44. The molecule has 0 amide bonds. The van der Waals surface area contributed by atoms with Crippen LogP contribution < -0.4 is 10.2 Å². The van der Waals surface area contributed by atoms with Crippen molar-refractivity contribution in [2.75, 3.05) is 16.8 Å². The summed E-state index contributed by atoms with van der Waals surface area (Å²) in [5.41, 5.74) is 1.48. The van der Waals surface area contributed by atoms with Gasteiger partial charge >= 0.3 is 5.69 Å². The van der Waals surface area contributed by atoms with E-state index >= 15 is 0 Å². The lowest BCUT2D eigenvalue weighted by atomic mass is 10.2. The van der Waals surface area contributed by atoms with Crippen molar-refractivity contribution >= 4 is 28.8 Å². The van der Waals surface area contributed by atoms with Crippen molar-refractivity contribution in [3.05, 3.63) is 70.7 Å². The Bertz CT molecular complexity index is 917. The molecule has 3 aromatic rings. The second-order valence-corrected chi connectivity index (χ2v) is 5.53. The minimum atomic E-state index is -0.471. The molecule has 3 rings (SSSR count). The summed E-state index contributed by atoms with van der Waals surface area (Å²) in [6.07, 6.45) is 2.93. The molecule has 0 saturated heterocycles. The van der Waals surface area contributed by atoms with Gasteiger partial charge in [-0.2, -0.15) is 0 Å². The maximum Gasteiger partial charge on any atom is 0.354 e. The minimum Gasteiger partial charge on any atom is -0.321 e. The van der Waals surface area contributed by atoms with Crippen LogP contribution in [0, 0.1) is 17.0 Å². The van der Waals surface area contributed by atoms with Gasteiger partial charge in [0.1, 0.15) is 12.1 Å². The zero-order chi connectivity index (χ0) is 18.5. The number of anilines is 4. The fourth-order valence-electron chi connectivity index (χ4n) is 2.62. The molecule has 1 N–H and O–H groups in total. The zero-order valence-electron chi connectivity index (χ0n) is 14.5. The number of nitro groups is 1. The Morgan fingerprint density at radius 1 is 1.08 bits per heavy atom. The van der Waals surface area contributed by atoms with Gasteiger partial charge in [0, 0.05) is 18.4 Å². The van der Waals surface area contributed by atoms with E-state index in [1.165, 1.54) is 6.33 Å². The molecular formula is C18H18N6O2. The van der Waals surface area contributed by atoms with E-state index in [1.807, 2.05) is 50.2 Å². The van der Waals surface area contributed by atoms with Crippen LogP contribution in [0.1, 0.15) is 12.5 Å². The van der Waals surface area contributed by atoms with Crippen LogP contribution in [0.15, 0.2) is 55.0 Å². The van der Waals surface area contributed by atoms with E-state index in [0.29, 0.717) is 12.4 Å². The molecule has 8 heteroatoms. The quantitative estimate of drug-likeness (QED) is 0.530. The first-order valence-corrected chi connectivity index (χ1v) is 8.12. The van der Waals surface area contributed by atoms with Gasteiger partial charge in [0.05, 0.1) is 4.92 Å². The third-order valence-electron chi connectivity index (χ3n) is 3.87. The molecule has 0 unspecified atom stereocenters. The molecule has 2 aromatic heterocycles. The Morgan fingerprint density at radius 2 is 1.85 bits per heavy atom. The minimum absolute atomic E-state index is 0.108. The lowest BCUT2D eigenvalue weighted by Gasteiger charge is -2.22. The highest BCUT2D eigenvalue weighted by Gasteiger charge is 2.27. The summed E-state index contributed by atoms with van der Waals surface area (Å²) in [5.74, 6) is 0.856. The predicted octanol–water partition coefficient (Wildman–Crippen LogP) is 3.99. The number of aryl methyl sites for hydroxylation is 1. The zero-order valence-corrected chi connectivity index (χ0v) is 14.5. The van der Waals surface area contributed by atoms with Gasteiger partial charge in [-0.15, -0.1) is 0 Å². The molecule has 0 radical (unpaired) electrons. The van der Waals surface area contributed by atoms with Crippen LogP contribution in [0.2, 0.25) is 0 Å². The van der Waals surface area contributed by atoms with Crippen LogP contribution in [0.3, 0.4) is 0 Å². The molecule has 2 heterocycles. The molecule has 8 nitrogen and oxygen atoms in total. The molecule has 0 aliphatic heterocycles. The van der Waals surface area contributed by atoms with E-state index in [1.54, 1.807) is 17.2 Å². The molecule has 0 saturated carbocycles. The first-order chi connectivity index (χ1) is 12.6. The van der Waals surface area contributed by atoms with Crippen molar-refractivity contribution in [2.24, 2.45) is 0 Å². The van der Waals surface area contributed by atoms with E-state index in [4.69, 9.17) is 0 Å². The van der Waals surface area contributed by atoms with Crippen LogP contribution in [0.25, 0.3) is 0 Å². The van der Waals surface area contributed by atoms with E-state index in [0.717, 1.165) is 11.3 Å². The van der Waals surface area contributed by atoms with E-state index in [9.17, 15) is 10.1 Å². The highest BCUT2D eigenvalue weighted by molar-refractivity contribution is 5.77. The van der Waals surface area contributed by atoms with Gasteiger partial charge in [0.25, 0.3) is 0 Å². The summed E-state index contributed by atoms with van der Waals surface area (Å²) in [4.78, 5) is 25.6.